The van der Waals surface area contributed by atoms with Crippen molar-refractivity contribution in [3.05, 3.63) is 35.9 Å². The van der Waals surface area contributed by atoms with Crippen LogP contribution >= 0.6 is 0 Å². The standard InChI is InChI=1S/C16H22N2O3/c19-15(14-4-2-1-3-5-14)6-7-16(20)17-8-9-18-10-12-21-13-11-18/h1-5H,6-13H2,(H,17,20). The topological polar surface area (TPSA) is 58.6 Å². The molecule has 1 aromatic carbocycles. The number of nitrogens with zero attached hydrogens (tertiary/aromatic N) is 1. The van der Waals surface area contributed by atoms with Gasteiger partial charge in [-0.15, -0.1) is 0 Å². The van der Waals surface area contributed by atoms with Gasteiger partial charge >= 0.3 is 0 Å². The lowest BCUT2D eigenvalue weighted by molar-refractivity contribution is -0.121. The Kier molecular flexibility index (Phi) is 6.37. The van der Waals surface area contributed by atoms with Gasteiger partial charge in [-0.2, -0.15) is 0 Å². The lowest BCUT2D eigenvalue weighted by atomic mass is 10.1. The minimum Gasteiger partial charge on any atom is -0.379 e. The zero-order valence-corrected chi connectivity index (χ0v) is 12.2. The number of ketones is 1. The number of carbonyl (C=O) groups excluding carboxylic acids is 2. The second-order valence-electron chi connectivity index (χ2n) is 5.09. The van der Waals surface area contributed by atoms with Gasteiger partial charge in [0.15, 0.2) is 5.78 Å². The predicted molar refractivity (Wildman–Crippen MR) is 80.3 cm³/mol. The molecule has 0 aliphatic carbocycles. The van der Waals surface area contributed by atoms with Gasteiger partial charge in [-0.05, 0) is 0 Å². The summed E-state index contributed by atoms with van der Waals surface area (Å²) in [4.78, 5) is 25.8. The van der Waals surface area contributed by atoms with Crippen LogP contribution in [-0.2, 0) is 9.53 Å². The van der Waals surface area contributed by atoms with E-state index in [1.165, 1.54) is 0 Å². The van der Waals surface area contributed by atoms with Gasteiger partial charge in [-0.1, -0.05) is 30.3 Å². The van der Waals surface area contributed by atoms with E-state index >= 15 is 0 Å². The number of nitrogens with one attached hydrogen (secondary N) is 1. The van der Waals surface area contributed by atoms with E-state index in [1.54, 1.807) is 12.1 Å². The second kappa shape index (κ2) is 8.54. The number of amides is 1. The van der Waals surface area contributed by atoms with Crippen molar-refractivity contribution in [2.24, 2.45) is 0 Å². The van der Waals surface area contributed by atoms with E-state index in [2.05, 4.69) is 10.2 Å². The molecule has 1 aliphatic rings. The summed E-state index contributed by atoms with van der Waals surface area (Å²) in [5.41, 5.74) is 0.665. The smallest absolute Gasteiger partial charge is 0.220 e. The molecule has 1 saturated heterocycles. The Morgan fingerprint density at radius 2 is 1.81 bits per heavy atom. The maximum atomic E-state index is 11.9. The predicted octanol–water partition coefficient (Wildman–Crippen LogP) is 1.10. The van der Waals surface area contributed by atoms with Crippen molar-refractivity contribution in [2.45, 2.75) is 12.8 Å². The third-order valence-electron chi connectivity index (χ3n) is 3.53. The van der Waals surface area contributed by atoms with Crippen LogP contribution in [0.5, 0.6) is 0 Å². The van der Waals surface area contributed by atoms with Crippen LogP contribution in [-0.4, -0.2) is 56.0 Å². The van der Waals surface area contributed by atoms with Gasteiger partial charge in [0.1, 0.15) is 0 Å². The molecule has 2 rings (SSSR count). The van der Waals surface area contributed by atoms with Gasteiger partial charge in [-0.3, -0.25) is 14.5 Å². The van der Waals surface area contributed by atoms with Crippen molar-refractivity contribution in [2.75, 3.05) is 39.4 Å². The molecule has 0 atom stereocenters. The average Bonchev–Trinajstić information content (AvgIpc) is 2.54. The number of Topliss-reactive ketones (excluding diaryl/α,β-unsaturated/α-hetero) is 1. The SMILES string of the molecule is O=C(CCC(=O)c1ccccc1)NCCN1CCOCC1. The summed E-state index contributed by atoms with van der Waals surface area (Å²) in [7, 11) is 0. The van der Waals surface area contributed by atoms with Crippen LogP contribution in [0.25, 0.3) is 0 Å². The Hall–Kier alpha value is -1.72. The molecule has 1 N–H and O–H groups in total. The third-order valence-corrected chi connectivity index (χ3v) is 3.53. The molecule has 0 radical (unpaired) electrons. The third kappa shape index (κ3) is 5.65. The van der Waals surface area contributed by atoms with Gasteiger partial charge in [0.05, 0.1) is 13.2 Å². The molecule has 5 heteroatoms. The van der Waals surface area contributed by atoms with Crippen LogP contribution in [0, 0.1) is 0 Å². The molecule has 1 fully saturated rings. The van der Waals surface area contributed by atoms with Crippen molar-refractivity contribution in [3.63, 3.8) is 0 Å². The van der Waals surface area contributed by atoms with E-state index in [0.717, 1.165) is 32.8 Å². The Labute approximate surface area is 125 Å². The maximum absolute atomic E-state index is 11.9. The highest BCUT2D eigenvalue weighted by atomic mass is 16.5. The average molecular weight is 290 g/mol. The molecule has 0 unspecified atom stereocenters. The minimum atomic E-state index is -0.0625. The Bertz CT molecular complexity index is 456. The molecular formula is C16H22N2O3. The molecule has 114 valence electrons. The van der Waals surface area contributed by atoms with Crippen molar-refractivity contribution in [1.82, 2.24) is 10.2 Å². The van der Waals surface area contributed by atoms with Crippen molar-refractivity contribution < 1.29 is 14.3 Å². The summed E-state index contributed by atoms with van der Waals surface area (Å²) in [6.07, 6.45) is 0.504. The van der Waals surface area contributed by atoms with Gasteiger partial charge in [0.25, 0.3) is 0 Å². The number of ether oxygens (including phenoxy) is 1. The van der Waals surface area contributed by atoms with Crippen LogP contribution in [0.4, 0.5) is 0 Å². The van der Waals surface area contributed by atoms with Gasteiger partial charge in [-0.25, -0.2) is 0 Å². The number of rotatable bonds is 7. The van der Waals surface area contributed by atoms with Crippen LogP contribution in [0.2, 0.25) is 0 Å². The molecular weight excluding hydrogens is 268 g/mol. The lowest BCUT2D eigenvalue weighted by Crippen LogP contribution is -2.41. The highest BCUT2D eigenvalue weighted by Gasteiger charge is 2.11. The first kappa shape index (κ1) is 15.7. The molecule has 1 heterocycles. The summed E-state index contributed by atoms with van der Waals surface area (Å²) in [6, 6.07) is 9.08. The summed E-state index contributed by atoms with van der Waals surface area (Å²) in [5.74, 6) is -0.0496. The Morgan fingerprint density at radius 3 is 2.52 bits per heavy atom. The Balaban J connectivity index is 1.60. The van der Waals surface area contributed by atoms with Gasteiger partial charge in [0.2, 0.25) is 5.91 Å². The van der Waals surface area contributed by atoms with Crippen LogP contribution in [0.1, 0.15) is 23.2 Å². The zero-order valence-electron chi connectivity index (χ0n) is 12.2. The molecule has 21 heavy (non-hydrogen) atoms. The van der Waals surface area contributed by atoms with Crippen LogP contribution < -0.4 is 5.32 Å². The fourth-order valence-electron chi connectivity index (χ4n) is 2.26. The first-order valence-corrected chi connectivity index (χ1v) is 7.41. The summed E-state index contributed by atoms with van der Waals surface area (Å²) in [5, 5.41) is 2.86. The van der Waals surface area contributed by atoms with E-state index < -0.39 is 0 Å². The number of benzene rings is 1. The van der Waals surface area contributed by atoms with Crippen LogP contribution in [0.15, 0.2) is 30.3 Å². The van der Waals surface area contributed by atoms with Crippen LogP contribution in [0.3, 0.4) is 0 Å². The second-order valence-corrected chi connectivity index (χ2v) is 5.09. The maximum Gasteiger partial charge on any atom is 0.220 e. The van der Waals surface area contributed by atoms with Crippen molar-refractivity contribution >= 4 is 11.7 Å². The molecule has 1 amide bonds. The molecule has 5 nitrogen and oxygen atoms in total. The first-order valence-electron chi connectivity index (χ1n) is 7.41. The molecule has 0 bridgehead atoms. The Morgan fingerprint density at radius 1 is 1.10 bits per heavy atom. The molecule has 1 aromatic rings. The summed E-state index contributed by atoms with van der Waals surface area (Å²) < 4.78 is 5.27. The minimum absolute atomic E-state index is 0.0129. The molecule has 0 saturated carbocycles. The largest absolute Gasteiger partial charge is 0.379 e. The zero-order chi connectivity index (χ0) is 14.9. The van der Waals surface area contributed by atoms with E-state index in [0.29, 0.717) is 12.1 Å². The normalized spacial score (nSPS) is 15.6. The van der Waals surface area contributed by atoms with Gasteiger partial charge < -0.3 is 10.1 Å². The monoisotopic (exact) mass is 290 g/mol. The number of carbonyl (C=O) groups is 2. The summed E-state index contributed by atoms with van der Waals surface area (Å²) in [6.45, 7) is 4.82. The van der Waals surface area contributed by atoms with E-state index in [9.17, 15) is 9.59 Å². The van der Waals surface area contributed by atoms with E-state index in [1.807, 2.05) is 18.2 Å². The first-order chi connectivity index (χ1) is 10.3. The molecule has 0 spiro atoms. The number of hydrogen-bond donors (Lipinski definition) is 1. The van der Waals surface area contributed by atoms with E-state index in [4.69, 9.17) is 4.74 Å². The number of hydrogen-bond acceptors (Lipinski definition) is 4. The number of morpholine rings is 1. The quantitative estimate of drug-likeness (QED) is 0.764. The fraction of sp³-hybridized carbons (Fsp3) is 0.500. The highest BCUT2D eigenvalue weighted by molar-refractivity contribution is 5.97. The van der Waals surface area contributed by atoms with Crippen molar-refractivity contribution in [1.29, 1.82) is 0 Å². The van der Waals surface area contributed by atoms with Gasteiger partial charge in [0, 0.05) is 44.6 Å². The fourth-order valence-corrected chi connectivity index (χ4v) is 2.26. The lowest BCUT2D eigenvalue weighted by Gasteiger charge is -2.26. The molecule has 1 aliphatic heterocycles. The van der Waals surface area contributed by atoms with Crippen molar-refractivity contribution in [3.8, 4) is 0 Å². The highest BCUT2D eigenvalue weighted by Crippen LogP contribution is 2.04. The van der Waals surface area contributed by atoms with E-state index in [-0.39, 0.29) is 24.5 Å². The summed E-state index contributed by atoms with van der Waals surface area (Å²) >= 11 is 0. The molecule has 0 aromatic heterocycles.